The molecule has 2 aromatic carbocycles. The molecule has 144 valence electrons. The Balaban J connectivity index is 1.89. The van der Waals surface area contributed by atoms with E-state index in [9.17, 15) is 4.79 Å². The molecule has 1 spiro atoms. The molecule has 7 heteroatoms. The molecule has 1 fully saturated rings. The number of benzene rings is 2. The fraction of sp³-hybridized carbons (Fsp3) is 0.190. The lowest BCUT2D eigenvalue weighted by Gasteiger charge is -2.56. The summed E-state index contributed by atoms with van der Waals surface area (Å²) in [6, 6.07) is 15.3. The SMILES string of the molecule is Cc1ccc([C@H]2[C@H](c3ccc(Cl)cc3)OC23C(Cl)=C(Cl)C(=O)C(Cl)=C3Cl)cc1. The molecule has 1 aliphatic heterocycles. The van der Waals surface area contributed by atoms with Crippen LogP contribution in [0.5, 0.6) is 0 Å². The number of Topliss-reactive ketones (excluding diaryl/α,β-unsaturated/α-hetero) is 1. The van der Waals surface area contributed by atoms with Crippen molar-refractivity contribution in [3.05, 3.63) is 90.4 Å². The molecule has 0 saturated carbocycles. The number of rotatable bonds is 2. The minimum absolute atomic E-state index is 0.0457. The zero-order valence-electron chi connectivity index (χ0n) is 14.5. The number of halogens is 5. The first-order valence-corrected chi connectivity index (χ1v) is 10.3. The van der Waals surface area contributed by atoms with Gasteiger partial charge in [-0.25, -0.2) is 0 Å². The lowest BCUT2D eigenvalue weighted by molar-refractivity contribution is -0.183. The molecule has 2 nitrogen and oxygen atoms in total. The number of ether oxygens (including phenoxy) is 1. The average Bonchev–Trinajstić information content (AvgIpc) is 2.67. The minimum Gasteiger partial charge on any atom is -0.354 e. The Bertz CT molecular complexity index is 994. The highest BCUT2D eigenvalue weighted by molar-refractivity contribution is 6.61. The predicted octanol–water partition coefficient (Wildman–Crippen LogP) is 7.20. The molecular formula is C21H13Cl5O2. The summed E-state index contributed by atoms with van der Waals surface area (Å²) in [5.41, 5.74) is 1.65. The molecule has 0 radical (unpaired) electrons. The normalized spacial score (nSPS) is 24.0. The standard InChI is InChI=1S/C21H13Cl5O2/c1-10-2-4-11(5-3-10)14-18(12-6-8-13(22)9-7-12)28-21(14)19(25)15(23)17(27)16(24)20(21)26/h2-9,14,18H,1H3/t14-,18-/m0/s1. The Kier molecular flexibility index (Phi) is 5.33. The summed E-state index contributed by atoms with van der Waals surface area (Å²) in [7, 11) is 0. The van der Waals surface area contributed by atoms with Crippen LogP contribution in [0.1, 0.15) is 28.7 Å². The second-order valence-electron chi connectivity index (χ2n) is 6.80. The van der Waals surface area contributed by atoms with Gasteiger partial charge in [0.1, 0.15) is 10.1 Å². The second kappa shape index (κ2) is 7.36. The Morgan fingerprint density at radius 2 is 1.29 bits per heavy atom. The van der Waals surface area contributed by atoms with Crippen LogP contribution in [-0.4, -0.2) is 11.4 Å². The first kappa shape index (κ1) is 20.3. The van der Waals surface area contributed by atoms with Gasteiger partial charge in [0.2, 0.25) is 5.78 Å². The van der Waals surface area contributed by atoms with Crippen molar-refractivity contribution < 1.29 is 9.53 Å². The Labute approximate surface area is 187 Å². The number of carbonyl (C=O) groups is 1. The molecule has 0 N–H and O–H groups in total. The average molecular weight is 475 g/mol. The summed E-state index contributed by atoms with van der Waals surface area (Å²) in [6.07, 6.45) is -0.371. The topological polar surface area (TPSA) is 26.3 Å². The predicted molar refractivity (Wildman–Crippen MR) is 114 cm³/mol. The fourth-order valence-electron chi connectivity index (χ4n) is 3.67. The van der Waals surface area contributed by atoms with Gasteiger partial charge in [-0.15, -0.1) is 0 Å². The van der Waals surface area contributed by atoms with Crippen molar-refractivity contribution in [3.8, 4) is 0 Å². The van der Waals surface area contributed by atoms with Gasteiger partial charge in [-0.05, 0) is 30.2 Å². The third-order valence-corrected chi connectivity index (χ3v) is 7.23. The highest BCUT2D eigenvalue weighted by atomic mass is 35.5. The van der Waals surface area contributed by atoms with Crippen LogP contribution >= 0.6 is 58.0 Å². The molecule has 0 bridgehead atoms. The third-order valence-electron chi connectivity index (χ3n) is 5.12. The third kappa shape index (κ3) is 2.94. The molecule has 2 atom stereocenters. The maximum atomic E-state index is 12.2. The van der Waals surface area contributed by atoms with Gasteiger partial charge in [-0.1, -0.05) is 100.0 Å². The molecular weight excluding hydrogens is 461 g/mol. The van der Waals surface area contributed by atoms with Gasteiger partial charge in [0.15, 0.2) is 5.60 Å². The summed E-state index contributed by atoms with van der Waals surface area (Å²) in [5.74, 6) is -0.935. The molecule has 1 heterocycles. The highest BCUT2D eigenvalue weighted by Crippen LogP contribution is 2.65. The van der Waals surface area contributed by atoms with E-state index in [1.54, 1.807) is 12.1 Å². The quantitative estimate of drug-likeness (QED) is 0.460. The van der Waals surface area contributed by atoms with E-state index in [1.807, 2.05) is 43.3 Å². The van der Waals surface area contributed by atoms with E-state index in [1.165, 1.54) is 0 Å². The number of hydrogen-bond acceptors (Lipinski definition) is 2. The summed E-state index contributed by atoms with van der Waals surface area (Å²) in [5, 5.41) is 0.356. The Hall–Kier alpha value is -1.000. The zero-order valence-corrected chi connectivity index (χ0v) is 18.3. The number of allylic oxidation sites excluding steroid dienone is 2. The van der Waals surface area contributed by atoms with Crippen LogP contribution in [-0.2, 0) is 9.53 Å². The van der Waals surface area contributed by atoms with Crippen molar-refractivity contribution in [1.29, 1.82) is 0 Å². The number of hydrogen-bond donors (Lipinski definition) is 0. The number of aryl methyl sites for hydroxylation is 1. The van der Waals surface area contributed by atoms with E-state index < -0.39 is 11.4 Å². The van der Waals surface area contributed by atoms with Gasteiger partial charge < -0.3 is 4.74 Å². The maximum absolute atomic E-state index is 12.2. The largest absolute Gasteiger partial charge is 0.354 e. The van der Waals surface area contributed by atoms with E-state index in [-0.39, 0.29) is 32.2 Å². The van der Waals surface area contributed by atoms with Crippen molar-refractivity contribution >= 4 is 63.8 Å². The van der Waals surface area contributed by atoms with Crippen LogP contribution in [0.2, 0.25) is 5.02 Å². The van der Waals surface area contributed by atoms with Crippen LogP contribution in [0.25, 0.3) is 0 Å². The number of carbonyl (C=O) groups excluding carboxylic acids is 1. The molecule has 0 aromatic heterocycles. The van der Waals surface area contributed by atoms with E-state index in [0.717, 1.165) is 16.7 Å². The summed E-state index contributed by atoms with van der Waals surface area (Å²) < 4.78 is 6.26. The Morgan fingerprint density at radius 3 is 1.82 bits per heavy atom. The van der Waals surface area contributed by atoms with Gasteiger partial charge in [0.05, 0.1) is 22.1 Å². The molecule has 0 amide bonds. The molecule has 28 heavy (non-hydrogen) atoms. The van der Waals surface area contributed by atoms with Crippen molar-refractivity contribution in [2.75, 3.05) is 0 Å². The van der Waals surface area contributed by atoms with E-state index in [4.69, 9.17) is 62.7 Å². The van der Waals surface area contributed by atoms with Gasteiger partial charge in [0, 0.05) is 5.02 Å². The molecule has 2 aliphatic rings. The van der Waals surface area contributed by atoms with E-state index in [2.05, 4.69) is 0 Å². The lowest BCUT2D eigenvalue weighted by atomic mass is 9.68. The Morgan fingerprint density at radius 1 is 0.786 bits per heavy atom. The van der Waals surface area contributed by atoms with Gasteiger partial charge in [0.25, 0.3) is 0 Å². The van der Waals surface area contributed by atoms with Gasteiger partial charge in [-0.3, -0.25) is 4.79 Å². The molecule has 2 aromatic rings. The second-order valence-corrected chi connectivity index (χ2v) is 8.75. The summed E-state index contributed by atoms with van der Waals surface area (Å²) in [6.45, 7) is 2.00. The number of ketones is 1. The van der Waals surface area contributed by atoms with Crippen LogP contribution in [0.4, 0.5) is 0 Å². The van der Waals surface area contributed by atoms with E-state index in [0.29, 0.717) is 5.02 Å². The van der Waals surface area contributed by atoms with Gasteiger partial charge in [-0.2, -0.15) is 0 Å². The summed E-state index contributed by atoms with van der Waals surface area (Å²) in [4.78, 5) is 12.2. The molecule has 4 rings (SSSR count). The van der Waals surface area contributed by atoms with Gasteiger partial charge >= 0.3 is 0 Å². The van der Waals surface area contributed by atoms with Crippen LogP contribution < -0.4 is 0 Å². The first-order chi connectivity index (χ1) is 13.3. The fourth-order valence-corrected chi connectivity index (χ4v) is 5.05. The molecule has 0 unspecified atom stereocenters. The summed E-state index contributed by atoms with van der Waals surface area (Å²) >= 11 is 31.5. The zero-order chi connectivity index (χ0) is 20.2. The van der Waals surface area contributed by atoms with Crippen molar-refractivity contribution in [2.24, 2.45) is 0 Å². The highest BCUT2D eigenvalue weighted by Gasteiger charge is 2.64. The van der Waals surface area contributed by atoms with Crippen LogP contribution in [0.15, 0.2) is 68.7 Å². The van der Waals surface area contributed by atoms with Crippen molar-refractivity contribution in [3.63, 3.8) is 0 Å². The smallest absolute Gasteiger partial charge is 0.218 e. The van der Waals surface area contributed by atoms with Crippen molar-refractivity contribution in [1.82, 2.24) is 0 Å². The van der Waals surface area contributed by atoms with Crippen molar-refractivity contribution in [2.45, 2.75) is 24.5 Å². The molecule has 1 aliphatic carbocycles. The lowest BCUT2D eigenvalue weighted by Crippen LogP contribution is -2.56. The van der Waals surface area contributed by atoms with Crippen LogP contribution in [0.3, 0.4) is 0 Å². The first-order valence-electron chi connectivity index (χ1n) is 8.43. The monoisotopic (exact) mass is 472 g/mol. The van der Waals surface area contributed by atoms with E-state index >= 15 is 0 Å². The van der Waals surface area contributed by atoms with Crippen LogP contribution in [0, 0.1) is 6.92 Å². The maximum Gasteiger partial charge on any atom is 0.218 e. The minimum atomic E-state index is -1.30. The molecule has 1 saturated heterocycles.